The molecular formula is C20H25N3O2S. The molecule has 1 aromatic heterocycles. The van der Waals surface area contributed by atoms with Crippen LogP contribution in [0.4, 0.5) is 0 Å². The fraction of sp³-hybridized carbons (Fsp3) is 0.450. The van der Waals surface area contributed by atoms with Gasteiger partial charge < -0.3 is 14.8 Å². The Kier molecular flexibility index (Phi) is 5.24. The van der Waals surface area contributed by atoms with E-state index in [-0.39, 0.29) is 0 Å². The van der Waals surface area contributed by atoms with Crippen LogP contribution in [0.2, 0.25) is 0 Å². The zero-order valence-corrected chi connectivity index (χ0v) is 16.0. The van der Waals surface area contributed by atoms with E-state index >= 15 is 0 Å². The molecule has 1 fully saturated rings. The first-order chi connectivity index (χ1) is 12.7. The van der Waals surface area contributed by atoms with Gasteiger partial charge in [0.25, 0.3) is 0 Å². The first kappa shape index (κ1) is 17.5. The summed E-state index contributed by atoms with van der Waals surface area (Å²) in [7, 11) is 0. The van der Waals surface area contributed by atoms with Crippen LogP contribution in [-0.4, -0.2) is 42.4 Å². The van der Waals surface area contributed by atoms with Gasteiger partial charge in [0.15, 0.2) is 11.5 Å². The van der Waals surface area contributed by atoms with Crippen molar-refractivity contribution < 1.29 is 9.47 Å². The van der Waals surface area contributed by atoms with Gasteiger partial charge in [-0.15, -0.1) is 11.3 Å². The predicted octanol–water partition coefficient (Wildman–Crippen LogP) is 3.67. The highest BCUT2D eigenvalue weighted by Gasteiger charge is 2.19. The minimum Gasteiger partial charge on any atom is -0.454 e. The molecule has 0 spiro atoms. The third-order valence-corrected chi connectivity index (χ3v) is 5.76. The average molecular weight is 372 g/mol. The first-order valence-electron chi connectivity index (χ1n) is 9.12. The molecule has 26 heavy (non-hydrogen) atoms. The zero-order chi connectivity index (χ0) is 17.9. The van der Waals surface area contributed by atoms with Gasteiger partial charge in [-0.25, -0.2) is 4.98 Å². The molecule has 2 aromatic rings. The van der Waals surface area contributed by atoms with Crippen LogP contribution in [-0.2, 0) is 6.54 Å². The molecule has 2 aliphatic heterocycles. The van der Waals surface area contributed by atoms with Crippen LogP contribution in [0.25, 0.3) is 10.6 Å². The van der Waals surface area contributed by atoms with Crippen molar-refractivity contribution in [3.8, 4) is 22.1 Å². The highest BCUT2D eigenvalue weighted by atomic mass is 32.1. The van der Waals surface area contributed by atoms with E-state index in [2.05, 4.69) is 29.1 Å². The molecule has 5 nitrogen and oxygen atoms in total. The molecule has 0 radical (unpaired) electrons. The van der Waals surface area contributed by atoms with Crippen molar-refractivity contribution in [2.75, 3.05) is 26.4 Å². The SMILES string of the molecule is C=C(C)CN1CCC(NCc2csc(-c3ccc4c(c3)OCO4)n2)CC1. The molecule has 0 bridgehead atoms. The minimum atomic E-state index is 0.303. The third kappa shape index (κ3) is 4.09. The van der Waals surface area contributed by atoms with Crippen LogP contribution in [0.15, 0.2) is 35.7 Å². The second kappa shape index (κ2) is 7.78. The molecule has 1 aromatic carbocycles. The Morgan fingerprint density at radius 2 is 2.12 bits per heavy atom. The molecule has 0 atom stereocenters. The molecule has 0 unspecified atom stereocenters. The molecule has 1 saturated heterocycles. The zero-order valence-electron chi connectivity index (χ0n) is 15.2. The van der Waals surface area contributed by atoms with Gasteiger partial charge in [0.05, 0.1) is 5.69 Å². The summed E-state index contributed by atoms with van der Waals surface area (Å²) in [5.74, 6) is 1.61. The third-order valence-electron chi connectivity index (χ3n) is 4.82. The van der Waals surface area contributed by atoms with E-state index in [9.17, 15) is 0 Å². The number of nitrogens with one attached hydrogen (secondary N) is 1. The number of likely N-dealkylation sites (tertiary alicyclic amines) is 1. The number of rotatable bonds is 6. The quantitative estimate of drug-likeness (QED) is 0.785. The average Bonchev–Trinajstić information content (AvgIpc) is 3.29. The van der Waals surface area contributed by atoms with Gasteiger partial charge in [-0.2, -0.15) is 0 Å². The maximum atomic E-state index is 5.46. The highest BCUT2D eigenvalue weighted by Crippen LogP contribution is 2.36. The minimum absolute atomic E-state index is 0.303. The number of aromatic nitrogens is 1. The lowest BCUT2D eigenvalue weighted by Crippen LogP contribution is -2.42. The molecule has 2 aliphatic rings. The van der Waals surface area contributed by atoms with Gasteiger partial charge in [0.1, 0.15) is 5.01 Å². The van der Waals surface area contributed by atoms with Crippen molar-refractivity contribution in [3.63, 3.8) is 0 Å². The fourth-order valence-corrected chi connectivity index (χ4v) is 4.29. The van der Waals surface area contributed by atoms with Crippen molar-refractivity contribution in [1.82, 2.24) is 15.2 Å². The molecule has 0 aliphatic carbocycles. The van der Waals surface area contributed by atoms with E-state index in [1.807, 2.05) is 18.2 Å². The summed E-state index contributed by atoms with van der Waals surface area (Å²) in [4.78, 5) is 7.27. The van der Waals surface area contributed by atoms with E-state index in [0.717, 1.165) is 53.9 Å². The molecule has 138 valence electrons. The molecule has 1 N–H and O–H groups in total. The summed E-state index contributed by atoms with van der Waals surface area (Å²) >= 11 is 1.68. The van der Waals surface area contributed by atoms with E-state index in [4.69, 9.17) is 14.5 Å². The Balaban J connectivity index is 1.30. The molecule has 3 heterocycles. The lowest BCUT2D eigenvalue weighted by atomic mass is 10.0. The number of benzene rings is 1. The number of hydrogen-bond donors (Lipinski definition) is 1. The van der Waals surface area contributed by atoms with Gasteiger partial charge in [-0.3, -0.25) is 4.90 Å². The van der Waals surface area contributed by atoms with Crippen molar-refractivity contribution in [1.29, 1.82) is 0 Å². The van der Waals surface area contributed by atoms with E-state index in [1.54, 1.807) is 11.3 Å². The van der Waals surface area contributed by atoms with Gasteiger partial charge in [-0.05, 0) is 51.1 Å². The summed E-state index contributed by atoms with van der Waals surface area (Å²) < 4.78 is 10.8. The predicted molar refractivity (Wildman–Crippen MR) is 105 cm³/mol. The second-order valence-corrected chi connectivity index (χ2v) is 7.96. The Morgan fingerprint density at radius 3 is 2.92 bits per heavy atom. The number of thiazole rings is 1. The number of fused-ring (bicyclic) bond motifs is 1. The summed E-state index contributed by atoms with van der Waals surface area (Å²) in [6.07, 6.45) is 2.37. The summed E-state index contributed by atoms with van der Waals surface area (Å²) in [6.45, 7) is 10.6. The summed E-state index contributed by atoms with van der Waals surface area (Å²) in [6, 6.07) is 6.58. The van der Waals surface area contributed by atoms with Gasteiger partial charge in [0, 0.05) is 30.1 Å². The van der Waals surface area contributed by atoms with Crippen LogP contribution in [0.1, 0.15) is 25.5 Å². The number of hydrogen-bond acceptors (Lipinski definition) is 6. The lowest BCUT2D eigenvalue weighted by Gasteiger charge is -2.32. The van der Waals surface area contributed by atoms with Gasteiger partial charge >= 0.3 is 0 Å². The van der Waals surface area contributed by atoms with Crippen LogP contribution in [0.5, 0.6) is 11.5 Å². The Labute approximate surface area is 158 Å². The number of nitrogens with zero attached hydrogens (tertiary/aromatic N) is 2. The maximum absolute atomic E-state index is 5.46. The fourth-order valence-electron chi connectivity index (χ4n) is 3.48. The standard InChI is InChI=1S/C20H25N3O2S/c1-14(2)11-23-7-5-16(6-8-23)21-10-17-12-26-20(22-17)15-3-4-18-19(9-15)25-13-24-18/h3-4,9,12,16,21H,1,5-8,10-11,13H2,2H3. The Hall–Kier alpha value is -1.89. The number of piperidine rings is 1. The van der Waals surface area contributed by atoms with E-state index in [0.29, 0.717) is 12.8 Å². The van der Waals surface area contributed by atoms with E-state index in [1.165, 1.54) is 18.4 Å². The Morgan fingerprint density at radius 1 is 1.31 bits per heavy atom. The molecule has 0 amide bonds. The van der Waals surface area contributed by atoms with Crippen LogP contribution in [0, 0.1) is 0 Å². The van der Waals surface area contributed by atoms with Crippen molar-refractivity contribution >= 4 is 11.3 Å². The summed E-state index contributed by atoms with van der Waals surface area (Å²) in [5.41, 5.74) is 3.43. The van der Waals surface area contributed by atoms with Gasteiger partial charge in [0.2, 0.25) is 6.79 Å². The summed E-state index contributed by atoms with van der Waals surface area (Å²) in [5, 5.41) is 6.84. The molecule has 6 heteroatoms. The highest BCUT2D eigenvalue weighted by molar-refractivity contribution is 7.13. The topological polar surface area (TPSA) is 46.6 Å². The van der Waals surface area contributed by atoms with Crippen molar-refractivity contribution in [3.05, 3.63) is 41.4 Å². The second-order valence-electron chi connectivity index (χ2n) is 7.10. The monoisotopic (exact) mass is 371 g/mol. The van der Waals surface area contributed by atoms with Crippen LogP contribution < -0.4 is 14.8 Å². The van der Waals surface area contributed by atoms with Crippen LogP contribution >= 0.6 is 11.3 Å². The Bertz CT molecular complexity index is 781. The van der Waals surface area contributed by atoms with Gasteiger partial charge in [-0.1, -0.05) is 12.2 Å². The maximum Gasteiger partial charge on any atom is 0.231 e. The normalized spacial score (nSPS) is 17.6. The lowest BCUT2D eigenvalue weighted by molar-refractivity contribution is 0.174. The van der Waals surface area contributed by atoms with E-state index < -0.39 is 0 Å². The van der Waals surface area contributed by atoms with Crippen molar-refractivity contribution in [2.45, 2.75) is 32.4 Å². The van der Waals surface area contributed by atoms with Crippen LogP contribution in [0.3, 0.4) is 0 Å². The largest absolute Gasteiger partial charge is 0.454 e. The molecular weight excluding hydrogens is 346 g/mol. The smallest absolute Gasteiger partial charge is 0.231 e. The van der Waals surface area contributed by atoms with Crippen molar-refractivity contribution in [2.24, 2.45) is 0 Å². The first-order valence-corrected chi connectivity index (χ1v) is 10.00. The number of ether oxygens (including phenoxy) is 2. The molecule has 0 saturated carbocycles. The molecule has 4 rings (SSSR count).